The largest absolute Gasteiger partial charge is 0.495 e. The molecular weight excluding hydrogens is 276 g/mol. The fraction of sp³-hybridized carbons (Fsp3) is 0.400. The number of carbonyl (C=O) groups excluding carboxylic acids is 1. The third kappa shape index (κ3) is 5.55. The van der Waals surface area contributed by atoms with Gasteiger partial charge >= 0.3 is 5.97 Å². The van der Waals surface area contributed by atoms with Crippen LogP contribution in [-0.4, -0.2) is 37.2 Å². The molecule has 20 heavy (non-hydrogen) atoms. The highest BCUT2D eigenvalue weighted by atomic mass is 32.2. The molecule has 0 bridgehead atoms. The lowest BCUT2D eigenvalue weighted by Gasteiger charge is -2.07. The fourth-order valence-corrected chi connectivity index (χ4v) is 2.30. The van der Waals surface area contributed by atoms with Crippen LogP contribution in [0.2, 0.25) is 0 Å². The zero-order valence-corrected chi connectivity index (χ0v) is 12.5. The van der Waals surface area contributed by atoms with Gasteiger partial charge in [-0.05, 0) is 24.6 Å². The van der Waals surface area contributed by atoms with Gasteiger partial charge in [0.05, 0.1) is 25.0 Å². The Morgan fingerprint density at radius 2 is 2.25 bits per heavy atom. The Morgan fingerprint density at radius 1 is 1.45 bits per heavy atom. The molecule has 0 amide bonds. The van der Waals surface area contributed by atoms with Crippen LogP contribution in [0.3, 0.4) is 0 Å². The van der Waals surface area contributed by atoms with Crippen molar-refractivity contribution >= 4 is 17.7 Å². The molecule has 0 aliphatic heterocycles. The van der Waals surface area contributed by atoms with Crippen LogP contribution in [-0.2, 0) is 15.3 Å². The van der Waals surface area contributed by atoms with E-state index in [9.17, 15) is 4.79 Å². The first-order valence-corrected chi connectivity index (χ1v) is 7.36. The smallest absolute Gasteiger partial charge is 0.315 e. The molecule has 0 aliphatic rings. The first-order valence-electron chi connectivity index (χ1n) is 6.21. The Hall–Kier alpha value is -1.64. The molecule has 0 radical (unpaired) electrons. The number of thioether (sulfide) groups is 1. The fourth-order valence-electron chi connectivity index (χ4n) is 1.53. The number of rotatable bonds is 6. The third-order valence-corrected chi connectivity index (χ3v) is 3.34. The Bertz CT molecular complexity index is 502. The van der Waals surface area contributed by atoms with Gasteiger partial charge in [0.1, 0.15) is 12.4 Å². The number of benzene rings is 1. The van der Waals surface area contributed by atoms with Gasteiger partial charge in [-0.1, -0.05) is 17.9 Å². The molecule has 1 rings (SSSR count). The Morgan fingerprint density at radius 3 is 2.90 bits per heavy atom. The van der Waals surface area contributed by atoms with Crippen molar-refractivity contribution < 1.29 is 19.4 Å². The number of hydrogen-bond acceptors (Lipinski definition) is 5. The zero-order valence-electron chi connectivity index (χ0n) is 11.6. The number of methoxy groups -OCH3 is 1. The van der Waals surface area contributed by atoms with Gasteiger partial charge in [0.2, 0.25) is 0 Å². The number of esters is 1. The zero-order chi connectivity index (χ0) is 14.8. The first kappa shape index (κ1) is 16.4. The third-order valence-electron chi connectivity index (χ3n) is 2.36. The molecule has 5 heteroatoms. The van der Waals surface area contributed by atoms with Crippen molar-refractivity contribution in [1.82, 2.24) is 0 Å². The van der Waals surface area contributed by atoms with Gasteiger partial charge in [0.15, 0.2) is 0 Å². The number of ether oxygens (including phenoxy) is 2. The molecule has 0 aliphatic carbocycles. The van der Waals surface area contributed by atoms with Crippen LogP contribution < -0.4 is 4.74 Å². The van der Waals surface area contributed by atoms with E-state index in [0.717, 1.165) is 11.1 Å². The summed E-state index contributed by atoms with van der Waals surface area (Å²) in [5.41, 5.74) is 1.78. The van der Waals surface area contributed by atoms with Gasteiger partial charge in [-0.3, -0.25) is 4.79 Å². The molecule has 0 saturated carbocycles. The maximum absolute atomic E-state index is 11.2. The summed E-state index contributed by atoms with van der Waals surface area (Å²) in [5, 5.41) is 8.74. The molecule has 0 atom stereocenters. The average Bonchev–Trinajstić information content (AvgIpc) is 2.45. The van der Waals surface area contributed by atoms with E-state index in [-0.39, 0.29) is 12.6 Å². The molecule has 1 N–H and O–H groups in total. The summed E-state index contributed by atoms with van der Waals surface area (Å²) in [6.45, 7) is 2.01. The maximum atomic E-state index is 11.2. The van der Waals surface area contributed by atoms with Crippen LogP contribution in [0.1, 0.15) is 18.1 Å². The molecule has 0 fully saturated rings. The lowest BCUT2D eigenvalue weighted by atomic mass is 10.1. The minimum absolute atomic E-state index is 0.189. The van der Waals surface area contributed by atoms with Crippen molar-refractivity contribution in [2.75, 3.05) is 26.1 Å². The van der Waals surface area contributed by atoms with Crippen LogP contribution in [0.25, 0.3) is 0 Å². The highest BCUT2D eigenvalue weighted by molar-refractivity contribution is 7.99. The Labute approximate surface area is 123 Å². The molecular formula is C15H18O4S. The van der Waals surface area contributed by atoms with Crippen molar-refractivity contribution in [2.24, 2.45) is 0 Å². The van der Waals surface area contributed by atoms with Crippen LogP contribution in [0.5, 0.6) is 5.75 Å². The van der Waals surface area contributed by atoms with Gasteiger partial charge in [-0.2, -0.15) is 0 Å². The molecule has 0 unspecified atom stereocenters. The molecule has 0 heterocycles. The Kier molecular flexibility index (Phi) is 7.63. The van der Waals surface area contributed by atoms with E-state index in [1.54, 1.807) is 14.0 Å². The first-order chi connectivity index (χ1) is 9.71. The van der Waals surface area contributed by atoms with E-state index in [4.69, 9.17) is 14.6 Å². The summed E-state index contributed by atoms with van der Waals surface area (Å²) in [6.07, 6.45) is 0. The summed E-state index contributed by atoms with van der Waals surface area (Å²) in [5.74, 6) is 6.94. The van der Waals surface area contributed by atoms with Crippen LogP contribution >= 0.6 is 11.8 Å². The van der Waals surface area contributed by atoms with Crippen molar-refractivity contribution in [3.63, 3.8) is 0 Å². The van der Waals surface area contributed by atoms with E-state index >= 15 is 0 Å². The molecule has 108 valence electrons. The maximum Gasteiger partial charge on any atom is 0.315 e. The highest BCUT2D eigenvalue weighted by Crippen LogP contribution is 2.21. The van der Waals surface area contributed by atoms with Crippen molar-refractivity contribution in [3.8, 4) is 17.6 Å². The minimum atomic E-state index is -0.202. The molecule has 1 aromatic carbocycles. The van der Waals surface area contributed by atoms with Crippen LogP contribution in [0.15, 0.2) is 18.2 Å². The van der Waals surface area contributed by atoms with Gasteiger partial charge in [0.25, 0.3) is 0 Å². The van der Waals surface area contributed by atoms with E-state index < -0.39 is 0 Å². The average molecular weight is 294 g/mol. The lowest BCUT2D eigenvalue weighted by Crippen LogP contribution is -2.06. The lowest BCUT2D eigenvalue weighted by molar-refractivity contribution is -0.139. The van der Waals surface area contributed by atoms with Crippen LogP contribution in [0, 0.1) is 11.8 Å². The van der Waals surface area contributed by atoms with E-state index in [1.165, 1.54) is 11.8 Å². The summed E-state index contributed by atoms with van der Waals surface area (Å²) in [6, 6.07) is 5.67. The van der Waals surface area contributed by atoms with Gasteiger partial charge in [0, 0.05) is 5.75 Å². The predicted octanol–water partition coefficient (Wildman–Crippen LogP) is 1.84. The second-order valence-electron chi connectivity index (χ2n) is 3.79. The molecule has 0 saturated heterocycles. The van der Waals surface area contributed by atoms with Gasteiger partial charge in [-0.25, -0.2) is 0 Å². The molecule has 1 aromatic rings. The minimum Gasteiger partial charge on any atom is -0.495 e. The summed E-state index contributed by atoms with van der Waals surface area (Å²) in [4.78, 5) is 11.2. The number of hydrogen-bond donors (Lipinski definition) is 1. The SMILES string of the molecule is CCOC(=O)CSCc1ccc(OC)c(C#CCO)c1. The quantitative estimate of drug-likeness (QED) is 0.641. The van der Waals surface area contributed by atoms with Crippen LogP contribution in [0.4, 0.5) is 0 Å². The molecule has 0 aromatic heterocycles. The number of aliphatic hydroxyl groups excluding tert-OH is 1. The van der Waals surface area contributed by atoms with Gasteiger partial charge < -0.3 is 14.6 Å². The van der Waals surface area contributed by atoms with Crippen molar-refractivity contribution in [1.29, 1.82) is 0 Å². The molecule has 4 nitrogen and oxygen atoms in total. The topological polar surface area (TPSA) is 55.8 Å². The van der Waals surface area contributed by atoms with E-state index in [1.807, 2.05) is 18.2 Å². The van der Waals surface area contributed by atoms with Crippen molar-refractivity contribution in [2.45, 2.75) is 12.7 Å². The van der Waals surface area contributed by atoms with E-state index in [2.05, 4.69) is 11.8 Å². The monoisotopic (exact) mass is 294 g/mol. The predicted molar refractivity (Wildman–Crippen MR) is 79.8 cm³/mol. The summed E-state index contributed by atoms with van der Waals surface area (Å²) < 4.78 is 10.1. The normalized spacial score (nSPS) is 9.55. The second-order valence-corrected chi connectivity index (χ2v) is 4.78. The standard InChI is InChI=1S/C15H18O4S/c1-3-19-15(17)11-20-10-12-6-7-14(18-2)13(9-12)5-4-8-16/h6-7,9,16H,3,8,10-11H2,1-2H3. The second kappa shape index (κ2) is 9.29. The van der Waals surface area contributed by atoms with Gasteiger partial charge in [-0.15, -0.1) is 11.8 Å². The summed E-state index contributed by atoms with van der Waals surface area (Å²) in [7, 11) is 1.58. The van der Waals surface area contributed by atoms with Crippen molar-refractivity contribution in [3.05, 3.63) is 29.3 Å². The molecule has 0 spiro atoms. The summed E-state index contributed by atoms with van der Waals surface area (Å²) >= 11 is 1.49. The number of carbonyl (C=O) groups is 1. The highest BCUT2D eigenvalue weighted by Gasteiger charge is 2.05. The van der Waals surface area contributed by atoms with E-state index in [0.29, 0.717) is 23.9 Å². The Balaban J connectivity index is 2.65. The number of aliphatic hydroxyl groups is 1.